The fraction of sp³-hybridized carbons (Fsp3) is 0.0714. The van der Waals surface area contributed by atoms with E-state index in [4.69, 9.17) is 0 Å². The quantitative estimate of drug-likeness (QED) is 0.113. The van der Waals surface area contributed by atoms with Crippen molar-refractivity contribution in [3.05, 3.63) is 228 Å². The van der Waals surface area contributed by atoms with Gasteiger partial charge in [0.05, 0.1) is 5.69 Å². The average molecular weight is 745 g/mol. The molecule has 9 aromatic rings. The highest BCUT2D eigenvalue weighted by molar-refractivity contribution is 6.14. The lowest BCUT2D eigenvalue weighted by atomic mass is 9.81. The summed E-state index contributed by atoms with van der Waals surface area (Å²) < 4.78 is 0. The summed E-state index contributed by atoms with van der Waals surface area (Å²) in [6, 6.07) is 72.8. The zero-order chi connectivity index (χ0) is 39.2. The van der Waals surface area contributed by atoms with Crippen LogP contribution in [0.25, 0.3) is 44.8 Å². The minimum absolute atomic E-state index is 0.155. The molecule has 0 saturated carbocycles. The first kappa shape index (κ1) is 35.3. The molecule has 2 heteroatoms. The van der Waals surface area contributed by atoms with Crippen LogP contribution in [0.15, 0.2) is 200 Å². The molecule has 0 aromatic heterocycles. The zero-order valence-electron chi connectivity index (χ0n) is 33.1. The number of anilines is 6. The second-order valence-corrected chi connectivity index (χ2v) is 15.9. The molecule has 0 bridgehead atoms. The first-order chi connectivity index (χ1) is 28.4. The van der Waals surface area contributed by atoms with Gasteiger partial charge in [0.1, 0.15) is 0 Å². The third-order valence-electron chi connectivity index (χ3n) is 11.9. The summed E-state index contributed by atoms with van der Waals surface area (Å²) in [5.74, 6) is 0. The Bertz CT molecular complexity index is 2920. The zero-order valence-corrected chi connectivity index (χ0v) is 33.1. The van der Waals surface area contributed by atoms with E-state index in [1.54, 1.807) is 0 Å². The number of hydrogen-bond acceptors (Lipinski definition) is 2. The molecule has 278 valence electrons. The molecule has 0 unspecified atom stereocenters. The van der Waals surface area contributed by atoms with Crippen LogP contribution in [0.1, 0.15) is 41.7 Å². The van der Waals surface area contributed by atoms with E-state index in [0.717, 1.165) is 34.0 Å². The Kier molecular flexibility index (Phi) is 8.76. The van der Waals surface area contributed by atoms with Gasteiger partial charge in [0.25, 0.3) is 0 Å². The number of aryl methyl sites for hydroxylation is 1. The fourth-order valence-corrected chi connectivity index (χ4v) is 8.85. The third-order valence-corrected chi connectivity index (χ3v) is 11.9. The number of fused-ring (bicyclic) bond motifs is 6. The number of rotatable bonds is 8. The van der Waals surface area contributed by atoms with E-state index in [9.17, 15) is 0 Å². The standard InChI is InChI=1S/C56H44N2/c1-39-22-29-45(30-23-39)58(55-37-42-14-10-11-19-48(42)49-20-12-13-21-52(49)55)46-31-26-40(27-32-46)24-25-41-28-34-50-51-35-33-47(38-54(51)56(2,3)53(50)36-41)57(43-15-6-4-7-16-43)44-17-8-5-9-18-44/h4-38H,1-3H3/b25-24+. The van der Waals surface area contributed by atoms with Crippen molar-refractivity contribution < 1.29 is 0 Å². The van der Waals surface area contributed by atoms with Gasteiger partial charge in [0.15, 0.2) is 0 Å². The van der Waals surface area contributed by atoms with Crippen molar-refractivity contribution in [3.63, 3.8) is 0 Å². The first-order valence-corrected chi connectivity index (χ1v) is 20.2. The lowest BCUT2D eigenvalue weighted by Gasteiger charge is -2.28. The van der Waals surface area contributed by atoms with E-state index in [1.165, 1.54) is 60.6 Å². The molecule has 0 N–H and O–H groups in total. The summed E-state index contributed by atoms with van der Waals surface area (Å²) >= 11 is 0. The second kappa shape index (κ2) is 14.4. The Labute approximate surface area is 341 Å². The summed E-state index contributed by atoms with van der Waals surface area (Å²) in [5, 5.41) is 4.99. The topological polar surface area (TPSA) is 6.48 Å². The van der Waals surface area contributed by atoms with Crippen molar-refractivity contribution in [3.8, 4) is 11.1 Å². The summed E-state index contributed by atoms with van der Waals surface area (Å²) in [7, 11) is 0. The van der Waals surface area contributed by atoms with Crippen molar-refractivity contribution in [1.82, 2.24) is 0 Å². The largest absolute Gasteiger partial charge is 0.310 e. The first-order valence-electron chi connectivity index (χ1n) is 20.2. The molecule has 0 radical (unpaired) electrons. The molecule has 0 spiro atoms. The molecule has 0 atom stereocenters. The van der Waals surface area contributed by atoms with Crippen LogP contribution in [-0.4, -0.2) is 0 Å². The minimum Gasteiger partial charge on any atom is -0.310 e. The van der Waals surface area contributed by atoms with Crippen LogP contribution in [-0.2, 0) is 5.41 Å². The summed E-state index contributed by atoms with van der Waals surface area (Å²) in [6.07, 6.45) is 4.48. The lowest BCUT2D eigenvalue weighted by Crippen LogP contribution is -2.16. The maximum atomic E-state index is 2.40. The van der Waals surface area contributed by atoms with Crippen LogP contribution in [0.5, 0.6) is 0 Å². The van der Waals surface area contributed by atoms with Gasteiger partial charge in [-0.1, -0.05) is 165 Å². The molecule has 0 fully saturated rings. The van der Waals surface area contributed by atoms with E-state index in [2.05, 4.69) is 243 Å². The summed E-state index contributed by atoms with van der Waals surface area (Å²) in [4.78, 5) is 4.75. The Morgan fingerprint density at radius 1 is 0.379 bits per heavy atom. The Balaban J connectivity index is 0.964. The van der Waals surface area contributed by atoms with Crippen molar-refractivity contribution in [1.29, 1.82) is 0 Å². The molecule has 9 aromatic carbocycles. The third kappa shape index (κ3) is 6.24. The lowest BCUT2D eigenvalue weighted by molar-refractivity contribution is 0.660. The molecule has 0 amide bonds. The summed E-state index contributed by atoms with van der Waals surface area (Å²) in [5.41, 5.74) is 15.7. The molecule has 0 saturated heterocycles. The molecule has 0 aliphatic heterocycles. The van der Waals surface area contributed by atoms with Crippen LogP contribution in [0.2, 0.25) is 0 Å². The molecular weight excluding hydrogens is 701 g/mol. The highest BCUT2D eigenvalue weighted by Gasteiger charge is 2.36. The van der Waals surface area contributed by atoms with E-state index in [1.807, 2.05) is 0 Å². The Morgan fingerprint density at radius 2 is 0.862 bits per heavy atom. The number of hydrogen-bond donors (Lipinski definition) is 0. The van der Waals surface area contributed by atoms with Crippen molar-refractivity contribution in [2.24, 2.45) is 0 Å². The predicted molar refractivity (Wildman–Crippen MR) is 248 cm³/mol. The summed E-state index contributed by atoms with van der Waals surface area (Å²) in [6.45, 7) is 6.87. The SMILES string of the molecule is Cc1ccc(N(c2ccc(/C=C/c3ccc4c(c3)C(C)(C)c3cc(N(c5ccccc5)c5ccccc5)ccc3-4)cc2)c2cc3ccccc3c3ccccc23)cc1. The molecule has 1 aliphatic carbocycles. The number of nitrogens with zero attached hydrogens (tertiary/aromatic N) is 2. The highest BCUT2D eigenvalue weighted by Crippen LogP contribution is 2.51. The smallest absolute Gasteiger partial charge is 0.0546 e. The van der Waals surface area contributed by atoms with Crippen molar-refractivity contribution in [2.75, 3.05) is 9.80 Å². The number of para-hydroxylation sites is 2. The van der Waals surface area contributed by atoms with E-state index < -0.39 is 0 Å². The van der Waals surface area contributed by atoms with E-state index in [-0.39, 0.29) is 5.41 Å². The molecule has 10 rings (SSSR count). The molecule has 58 heavy (non-hydrogen) atoms. The van der Waals surface area contributed by atoms with E-state index >= 15 is 0 Å². The van der Waals surface area contributed by atoms with Crippen molar-refractivity contribution >= 4 is 67.8 Å². The molecule has 2 nitrogen and oxygen atoms in total. The Hall–Kier alpha value is -7.16. The van der Waals surface area contributed by atoms with Crippen molar-refractivity contribution in [2.45, 2.75) is 26.2 Å². The van der Waals surface area contributed by atoms with Crippen LogP contribution in [0, 0.1) is 6.92 Å². The normalized spacial score (nSPS) is 12.8. The number of benzene rings is 9. The monoisotopic (exact) mass is 744 g/mol. The molecule has 1 aliphatic rings. The van der Waals surface area contributed by atoms with Crippen LogP contribution in [0.4, 0.5) is 34.1 Å². The molecular formula is C56H44N2. The van der Waals surface area contributed by atoms with Gasteiger partial charge in [0, 0.05) is 39.2 Å². The second-order valence-electron chi connectivity index (χ2n) is 15.9. The predicted octanol–water partition coefficient (Wildman–Crippen LogP) is 15.7. The maximum absolute atomic E-state index is 2.40. The van der Waals surface area contributed by atoms with Crippen LogP contribution in [0.3, 0.4) is 0 Å². The van der Waals surface area contributed by atoms with Gasteiger partial charge in [-0.3, -0.25) is 0 Å². The van der Waals surface area contributed by atoms with Gasteiger partial charge in [-0.25, -0.2) is 0 Å². The molecule has 0 heterocycles. The van der Waals surface area contributed by atoms with E-state index in [0.29, 0.717) is 0 Å². The minimum atomic E-state index is -0.155. The van der Waals surface area contributed by atoms with Gasteiger partial charge in [-0.05, 0) is 123 Å². The Morgan fingerprint density at radius 3 is 1.53 bits per heavy atom. The fourth-order valence-electron chi connectivity index (χ4n) is 8.85. The van der Waals surface area contributed by atoms with Gasteiger partial charge >= 0.3 is 0 Å². The average Bonchev–Trinajstić information content (AvgIpc) is 3.49. The van der Waals surface area contributed by atoms with Crippen LogP contribution < -0.4 is 9.80 Å². The van der Waals surface area contributed by atoms with Gasteiger partial charge < -0.3 is 9.80 Å². The van der Waals surface area contributed by atoms with Gasteiger partial charge in [-0.2, -0.15) is 0 Å². The van der Waals surface area contributed by atoms with Gasteiger partial charge in [0.2, 0.25) is 0 Å². The highest BCUT2D eigenvalue weighted by atomic mass is 15.1. The van der Waals surface area contributed by atoms with Crippen LogP contribution >= 0.6 is 0 Å². The van der Waals surface area contributed by atoms with Gasteiger partial charge in [-0.15, -0.1) is 0 Å². The maximum Gasteiger partial charge on any atom is 0.0546 e.